The molecule has 0 atom stereocenters. The third kappa shape index (κ3) is 4.03. The van der Waals surface area contributed by atoms with Crippen LogP contribution in [0.3, 0.4) is 0 Å². The summed E-state index contributed by atoms with van der Waals surface area (Å²) in [6.45, 7) is 1.75. The van der Waals surface area contributed by atoms with Crippen molar-refractivity contribution in [3.63, 3.8) is 0 Å². The summed E-state index contributed by atoms with van der Waals surface area (Å²) in [5.41, 5.74) is 0.204. The molecule has 0 heterocycles. The van der Waals surface area contributed by atoms with E-state index < -0.39 is 5.97 Å². The van der Waals surface area contributed by atoms with Crippen LogP contribution in [0.1, 0.15) is 17.3 Å². The summed E-state index contributed by atoms with van der Waals surface area (Å²) in [5, 5.41) is 9.75. The largest absolute Gasteiger partial charge is 0.507 e. The number of alkyl halides is 1. The molecule has 1 aromatic rings. The summed E-state index contributed by atoms with van der Waals surface area (Å²) in [5.74, 6) is -0.602. The first kappa shape index (κ1) is 14.5. The molecular weight excluding hydrogens is 304 g/mol. The van der Waals surface area contributed by atoms with E-state index in [4.69, 9.17) is 4.74 Å². The number of rotatable bonds is 6. The smallest absolute Gasteiger partial charge is 0.344 e. The third-order valence-corrected chi connectivity index (χ3v) is 2.56. The second kappa shape index (κ2) is 7.00. The topological polar surface area (TPSA) is 72.8 Å². The van der Waals surface area contributed by atoms with E-state index in [0.29, 0.717) is 5.75 Å². The van der Waals surface area contributed by atoms with Gasteiger partial charge in [-0.05, 0) is 19.1 Å². The monoisotopic (exact) mass is 316 g/mol. The van der Waals surface area contributed by atoms with E-state index in [-0.39, 0.29) is 35.6 Å². The van der Waals surface area contributed by atoms with Crippen molar-refractivity contribution in [3.05, 3.63) is 23.8 Å². The lowest BCUT2D eigenvalue weighted by Gasteiger charge is -2.07. The van der Waals surface area contributed by atoms with Gasteiger partial charge in [-0.25, -0.2) is 4.79 Å². The van der Waals surface area contributed by atoms with Crippen LogP contribution >= 0.6 is 15.9 Å². The maximum Gasteiger partial charge on any atom is 0.344 e. The van der Waals surface area contributed by atoms with Gasteiger partial charge < -0.3 is 14.6 Å². The van der Waals surface area contributed by atoms with Gasteiger partial charge in [-0.3, -0.25) is 4.79 Å². The van der Waals surface area contributed by atoms with E-state index in [1.165, 1.54) is 18.2 Å². The van der Waals surface area contributed by atoms with Gasteiger partial charge in [-0.2, -0.15) is 0 Å². The third-order valence-electron chi connectivity index (χ3n) is 2.05. The summed E-state index contributed by atoms with van der Waals surface area (Å²) < 4.78 is 9.80. The number of carbonyl (C=O) groups excluding carboxylic acids is 2. The number of aromatic hydroxyl groups is 1. The Balaban J connectivity index is 2.67. The average molecular weight is 317 g/mol. The number of phenolic OH excluding ortho intramolecular Hbond substituents is 1. The van der Waals surface area contributed by atoms with Crippen LogP contribution in [0.5, 0.6) is 11.5 Å². The number of phenols is 1. The molecule has 1 N–H and O–H groups in total. The van der Waals surface area contributed by atoms with Crippen LogP contribution < -0.4 is 4.74 Å². The normalized spacial score (nSPS) is 9.89. The maximum atomic E-state index is 11.4. The molecule has 1 aromatic carbocycles. The van der Waals surface area contributed by atoms with Gasteiger partial charge in [0.2, 0.25) is 0 Å². The van der Waals surface area contributed by atoms with Crippen LogP contribution in [0.2, 0.25) is 0 Å². The van der Waals surface area contributed by atoms with Crippen molar-refractivity contribution in [1.29, 1.82) is 0 Å². The van der Waals surface area contributed by atoms with Gasteiger partial charge >= 0.3 is 5.97 Å². The number of halogens is 1. The second-order valence-electron chi connectivity index (χ2n) is 3.33. The summed E-state index contributed by atoms with van der Waals surface area (Å²) >= 11 is 3.02. The zero-order chi connectivity index (χ0) is 13.5. The molecule has 0 fully saturated rings. The Kier molecular flexibility index (Phi) is 5.64. The fraction of sp³-hybridized carbons (Fsp3) is 0.333. The zero-order valence-corrected chi connectivity index (χ0v) is 11.4. The van der Waals surface area contributed by atoms with Crippen molar-refractivity contribution >= 4 is 27.7 Å². The van der Waals surface area contributed by atoms with Crippen LogP contribution in [0, 0.1) is 0 Å². The van der Waals surface area contributed by atoms with Crippen LogP contribution in [0.15, 0.2) is 18.2 Å². The van der Waals surface area contributed by atoms with Gasteiger partial charge in [0.05, 0.1) is 17.5 Å². The minimum Gasteiger partial charge on any atom is -0.507 e. The molecule has 5 nitrogen and oxygen atoms in total. The lowest BCUT2D eigenvalue weighted by molar-refractivity contribution is -0.145. The Bertz CT molecular complexity index is 444. The molecule has 0 amide bonds. The van der Waals surface area contributed by atoms with Crippen LogP contribution in [0.25, 0.3) is 0 Å². The summed E-state index contributed by atoms with van der Waals surface area (Å²) in [4.78, 5) is 22.4. The molecule has 0 aromatic heterocycles. The number of hydrogen-bond donors (Lipinski definition) is 1. The van der Waals surface area contributed by atoms with Crippen molar-refractivity contribution in [1.82, 2.24) is 0 Å². The molecular formula is C12H13BrO5. The summed E-state index contributed by atoms with van der Waals surface area (Å²) in [7, 11) is 0. The van der Waals surface area contributed by atoms with Crippen molar-refractivity contribution in [3.8, 4) is 11.5 Å². The lowest BCUT2D eigenvalue weighted by atomic mass is 10.1. The second-order valence-corrected chi connectivity index (χ2v) is 3.89. The molecule has 0 saturated heterocycles. The quantitative estimate of drug-likeness (QED) is 0.493. The van der Waals surface area contributed by atoms with E-state index in [1.54, 1.807) is 6.92 Å². The van der Waals surface area contributed by atoms with Crippen LogP contribution in [-0.2, 0) is 9.53 Å². The fourth-order valence-corrected chi connectivity index (χ4v) is 1.56. The van der Waals surface area contributed by atoms with E-state index >= 15 is 0 Å². The van der Waals surface area contributed by atoms with E-state index in [1.807, 2.05) is 0 Å². The van der Waals surface area contributed by atoms with E-state index in [2.05, 4.69) is 20.7 Å². The Morgan fingerprint density at radius 1 is 1.39 bits per heavy atom. The van der Waals surface area contributed by atoms with Crippen molar-refractivity contribution in [2.24, 2.45) is 0 Å². The number of hydrogen-bond acceptors (Lipinski definition) is 5. The Morgan fingerprint density at radius 3 is 2.67 bits per heavy atom. The molecule has 0 radical (unpaired) electrons. The van der Waals surface area contributed by atoms with Crippen molar-refractivity contribution in [2.75, 3.05) is 18.5 Å². The number of esters is 1. The first-order valence-corrected chi connectivity index (χ1v) is 6.41. The number of ketones is 1. The van der Waals surface area contributed by atoms with E-state index in [9.17, 15) is 14.7 Å². The highest BCUT2D eigenvalue weighted by Crippen LogP contribution is 2.24. The highest BCUT2D eigenvalue weighted by molar-refractivity contribution is 9.09. The number of ether oxygens (including phenoxy) is 2. The van der Waals surface area contributed by atoms with Gasteiger partial charge in [0.1, 0.15) is 11.5 Å². The summed E-state index contributed by atoms with van der Waals surface area (Å²) in [6, 6.07) is 4.24. The van der Waals surface area contributed by atoms with Crippen molar-refractivity contribution < 1.29 is 24.2 Å². The Morgan fingerprint density at radius 2 is 2.11 bits per heavy atom. The van der Waals surface area contributed by atoms with Gasteiger partial charge in [0.15, 0.2) is 12.4 Å². The molecule has 0 spiro atoms. The van der Waals surface area contributed by atoms with Gasteiger partial charge in [-0.15, -0.1) is 0 Å². The maximum absolute atomic E-state index is 11.4. The molecule has 0 bridgehead atoms. The SMILES string of the molecule is CCOC(=O)COc1ccc(C(=O)CBr)c(O)c1. The number of Topliss-reactive ketones (excluding diaryl/α,β-unsaturated/α-hetero) is 1. The van der Waals surface area contributed by atoms with Gasteiger partial charge in [0.25, 0.3) is 0 Å². The zero-order valence-electron chi connectivity index (χ0n) is 9.81. The minimum atomic E-state index is -0.488. The summed E-state index contributed by atoms with van der Waals surface area (Å²) in [6.07, 6.45) is 0. The molecule has 98 valence electrons. The molecule has 0 saturated carbocycles. The van der Waals surface area contributed by atoms with Gasteiger partial charge in [-0.1, -0.05) is 15.9 Å². The highest BCUT2D eigenvalue weighted by atomic mass is 79.9. The Labute approximate surface area is 113 Å². The Hall–Kier alpha value is -1.56. The lowest BCUT2D eigenvalue weighted by Crippen LogP contribution is -2.14. The highest BCUT2D eigenvalue weighted by Gasteiger charge is 2.11. The first-order valence-electron chi connectivity index (χ1n) is 5.29. The molecule has 0 aliphatic heterocycles. The van der Waals surface area contributed by atoms with Crippen LogP contribution in [-0.4, -0.2) is 35.4 Å². The van der Waals surface area contributed by atoms with Gasteiger partial charge in [0, 0.05) is 6.07 Å². The van der Waals surface area contributed by atoms with Crippen molar-refractivity contribution in [2.45, 2.75) is 6.92 Å². The van der Waals surface area contributed by atoms with E-state index in [0.717, 1.165) is 0 Å². The molecule has 0 unspecified atom stereocenters. The predicted octanol–water partition coefficient (Wildman–Crippen LogP) is 1.91. The fourth-order valence-electron chi connectivity index (χ4n) is 1.25. The molecule has 0 aliphatic carbocycles. The molecule has 6 heteroatoms. The minimum absolute atomic E-state index is 0.129. The first-order chi connectivity index (χ1) is 8.58. The van der Waals surface area contributed by atoms with Crippen LogP contribution in [0.4, 0.5) is 0 Å². The average Bonchev–Trinajstić information content (AvgIpc) is 2.36. The standard InChI is InChI=1S/C12H13BrO5/c1-2-17-12(16)7-18-8-3-4-9(10(14)5-8)11(15)6-13/h3-5,14H,2,6-7H2,1H3. The molecule has 0 aliphatic rings. The number of benzene rings is 1. The number of carbonyl (C=O) groups is 2. The molecule has 18 heavy (non-hydrogen) atoms. The molecule has 1 rings (SSSR count). The predicted molar refractivity (Wildman–Crippen MR) is 68.4 cm³/mol.